The maximum Gasteiger partial charge on any atom is 0.283 e. The number of aryl methyl sites for hydroxylation is 1. The third-order valence-electron chi connectivity index (χ3n) is 1.53. The van der Waals surface area contributed by atoms with Crippen LogP contribution in [-0.4, -0.2) is 14.4 Å². The second kappa shape index (κ2) is 3.67. The average molecular weight is 213 g/mol. The lowest BCUT2D eigenvalue weighted by Gasteiger charge is -2.03. The summed E-state index contributed by atoms with van der Waals surface area (Å²) in [6.45, 7) is 1.82. The van der Waals surface area contributed by atoms with Gasteiger partial charge in [-0.1, -0.05) is 17.7 Å². The number of sulfonamides is 1. The van der Waals surface area contributed by atoms with Gasteiger partial charge in [-0.3, -0.25) is 0 Å². The van der Waals surface area contributed by atoms with Gasteiger partial charge >= 0.3 is 0 Å². The predicted octanol–water partition coefficient (Wildman–Crippen LogP) is -0.641. The molecule has 0 fully saturated rings. The molecule has 1 aromatic carbocycles. The number of nitrogens with zero attached hydrogens (tertiary/aromatic N) is 1. The van der Waals surface area contributed by atoms with E-state index in [0.29, 0.717) is 0 Å². The van der Waals surface area contributed by atoms with Crippen LogP contribution in [0.15, 0.2) is 33.6 Å². The summed E-state index contributed by atoms with van der Waals surface area (Å²) in [5.74, 6) is 0. The molecule has 6 heteroatoms. The van der Waals surface area contributed by atoms with E-state index >= 15 is 0 Å². The lowest BCUT2D eigenvalue weighted by Crippen LogP contribution is -2.28. The highest BCUT2D eigenvalue weighted by Crippen LogP contribution is 2.12. The van der Waals surface area contributed by atoms with Crippen LogP contribution in [-0.2, 0) is 10.0 Å². The molecule has 0 saturated carbocycles. The molecule has 0 spiro atoms. The third-order valence-corrected chi connectivity index (χ3v) is 2.82. The molecule has 76 valence electrons. The zero-order valence-electron chi connectivity index (χ0n) is 7.47. The molecule has 0 aliphatic carbocycles. The van der Waals surface area contributed by atoms with Gasteiger partial charge in [0.05, 0.1) is 10.9 Å². The minimum Gasteiger partial charge on any atom is -0.846 e. The summed E-state index contributed by atoms with van der Waals surface area (Å²) in [6.07, 6.45) is 0. The normalized spacial score (nSPS) is 12.8. The van der Waals surface area contributed by atoms with Crippen LogP contribution in [0.1, 0.15) is 5.56 Å². The Morgan fingerprint density at radius 1 is 1.36 bits per heavy atom. The highest BCUT2D eigenvalue weighted by Gasteiger charge is 2.10. The number of amidine groups is 1. The Labute approximate surface area is 82.0 Å². The van der Waals surface area contributed by atoms with Crippen LogP contribution in [0.2, 0.25) is 0 Å². The zero-order valence-corrected chi connectivity index (χ0v) is 8.28. The summed E-state index contributed by atoms with van der Waals surface area (Å²) in [5.41, 5.74) is 5.58. The Balaban J connectivity index is 3.18. The lowest BCUT2D eigenvalue weighted by atomic mass is 10.2. The van der Waals surface area contributed by atoms with E-state index in [0.717, 1.165) is 5.56 Å². The minimum atomic E-state index is -3.93. The van der Waals surface area contributed by atoms with Crippen molar-refractivity contribution in [3.63, 3.8) is 0 Å². The summed E-state index contributed by atoms with van der Waals surface area (Å²) in [6, 6.07) is 4.76. The molecule has 0 aromatic heterocycles. The summed E-state index contributed by atoms with van der Waals surface area (Å²) in [7, 11) is -3.93. The first-order chi connectivity index (χ1) is 6.42. The number of benzene rings is 1. The molecule has 14 heavy (non-hydrogen) atoms. The molecule has 2 N–H and O–H groups in total. The van der Waals surface area contributed by atoms with Crippen LogP contribution in [0, 0.1) is 6.92 Å². The van der Waals surface area contributed by atoms with Crippen molar-refractivity contribution in [2.24, 2.45) is 10.1 Å². The fourth-order valence-electron chi connectivity index (χ4n) is 0.881. The highest BCUT2D eigenvalue weighted by molar-refractivity contribution is 7.90. The third kappa shape index (κ3) is 2.46. The largest absolute Gasteiger partial charge is 0.846 e. The van der Waals surface area contributed by atoms with E-state index in [1.165, 1.54) is 12.1 Å². The molecule has 0 amide bonds. The molecule has 0 aliphatic rings. The number of hydrogen-bond donors (Lipinski definition) is 1. The van der Waals surface area contributed by atoms with E-state index in [4.69, 9.17) is 0 Å². The second-order valence-corrected chi connectivity index (χ2v) is 4.32. The fourth-order valence-corrected chi connectivity index (χ4v) is 1.70. The van der Waals surface area contributed by atoms with Gasteiger partial charge in [0.2, 0.25) is 0 Å². The van der Waals surface area contributed by atoms with Crippen molar-refractivity contribution >= 4 is 16.0 Å². The average Bonchev–Trinajstić information content (AvgIpc) is 2.02. The van der Waals surface area contributed by atoms with E-state index in [9.17, 15) is 13.5 Å². The Bertz CT molecular complexity index is 444. The van der Waals surface area contributed by atoms with Crippen molar-refractivity contribution in [1.29, 1.82) is 0 Å². The maximum absolute atomic E-state index is 11.3. The van der Waals surface area contributed by atoms with Gasteiger partial charge in [0.25, 0.3) is 10.0 Å². The number of rotatable bonds is 2. The first kappa shape index (κ1) is 10.5. The molecule has 1 aromatic rings. The van der Waals surface area contributed by atoms with Crippen molar-refractivity contribution in [2.75, 3.05) is 0 Å². The first-order valence-electron chi connectivity index (χ1n) is 3.76. The molecular formula is C8H9N2O3S-. The van der Waals surface area contributed by atoms with E-state index in [1.54, 1.807) is 12.1 Å². The molecule has 0 heterocycles. The van der Waals surface area contributed by atoms with E-state index in [2.05, 4.69) is 10.1 Å². The van der Waals surface area contributed by atoms with Crippen molar-refractivity contribution in [3.8, 4) is 0 Å². The SMILES string of the molecule is Cc1ccc(S(=O)(=O)/N=C(/N)[O-])cc1. The zero-order chi connectivity index (χ0) is 10.8. The van der Waals surface area contributed by atoms with E-state index in [-0.39, 0.29) is 4.90 Å². The van der Waals surface area contributed by atoms with Crippen molar-refractivity contribution in [1.82, 2.24) is 0 Å². The van der Waals surface area contributed by atoms with Gasteiger partial charge in [-0.25, -0.2) is 0 Å². The van der Waals surface area contributed by atoms with Crippen molar-refractivity contribution < 1.29 is 13.5 Å². The monoisotopic (exact) mass is 213 g/mol. The Morgan fingerprint density at radius 3 is 2.29 bits per heavy atom. The Kier molecular flexibility index (Phi) is 2.76. The molecule has 0 aliphatic heterocycles. The highest BCUT2D eigenvalue weighted by atomic mass is 32.2. The van der Waals surface area contributed by atoms with Crippen LogP contribution >= 0.6 is 0 Å². The minimum absolute atomic E-state index is 0.0399. The van der Waals surface area contributed by atoms with E-state index < -0.39 is 16.0 Å². The number of nitrogens with two attached hydrogens (primary N) is 1. The molecule has 1 rings (SSSR count). The van der Waals surface area contributed by atoms with Crippen LogP contribution in [0.5, 0.6) is 0 Å². The summed E-state index contributed by atoms with van der Waals surface area (Å²) in [5, 5.41) is 10.3. The van der Waals surface area contributed by atoms with Crippen LogP contribution in [0.3, 0.4) is 0 Å². The predicted molar refractivity (Wildman–Crippen MR) is 50.0 cm³/mol. The molecule has 0 saturated heterocycles. The molecule has 0 unspecified atom stereocenters. The summed E-state index contributed by atoms with van der Waals surface area (Å²) < 4.78 is 25.4. The topological polar surface area (TPSA) is 95.6 Å². The van der Waals surface area contributed by atoms with Gasteiger partial charge in [-0.05, 0) is 19.1 Å². The molecular weight excluding hydrogens is 204 g/mol. The van der Waals surface area contributed by atoms with Crippen LogP contribution in [0.25, 0.3) is 0 Å². The molecule has 0 radical (unpaired) electrons. The van der Waals surface area contributed by atoms with Gasteiger partial charge in [0, 0.05) is 0 Å². The van der Waals surface area contributed by atoms with Gasteiger partial charge < -0.3 is 10.8 Å². The standard InChI is InChI=1S/C8H10N2O3S/c1-6-2-4-7(5-3-6)14(12,13)10-8(9)11/h2-5H,1H3,(H3,9,10,11)/p-1. The van der Waals surface area contributed by atoms with Gasteiger partial charge in [0.15, 0.2) is 0 Å². The van der Waals surface area contributed by atoms with Gasteiger partial charge in [-0.15, -0.1) is 0 Å². The van der Waals surface area contributed by atoms with Crippen LogP contribution in [0.4, 0.5) is 0 Å². The second-order valence-electron chi connectivity index (χ2n) is 2.72. The summed E-state index contributed by atoms with van der Waals surface area (Å²) in [4.78, 5) is -0.0399. The van der Waals surface area contributed by atoms with Crippen molar-refractivity contribution in [2.45, 2.75) is 11.8 Å². The van der Waals surface area contributed by atoms with Crippen molar-refractivity contribution in [3.05, 3.63) is 29.8 Å². The molecule has 0 atom stereocenters. The van der Waals surface area contributed by atoms with E-state index in [1.807, 2.05) is 6.92 Å². The molecule has 0 bridgehead atoms. The van der Waals surface area contributed by atoms with Gasteiger partial charge in [-0.2, -0.15) is 12.8 Å². The maximum atomic E-state index is 11.3. The quantitative estimate of drug-likeness (QED) is 0.522. The lowest BCUT2D eigenvalue weighted by molar-refractivity contribution is -0.216. The Hall–Kier alpha value is -1.56. The number of hydrogen-bond acceptors (Lipinski definition) is 3. The summed E-state index contributed by atoms with van der Waals surface area (Å²) >= 11 is 0. The fraction of sp³-hybridized carbons (Fsp3) is 0.125. The Morgan fingerprint density at radius 2 is 1.86 bits per heavy atom. The smallest absolute Gasteiger partial charge is 0.283 e. The van der Waals surface area contributed by atoms with Gasteiger partial charge in [0.1, 0.15) is 0 Å². The molecule has 5 nitrogen and oxygen atoms in total. The first-order valence-corrected chi connectivity index (χ1v) is 5.20. The van der Waals surface area contributed by atoms with Crippen LogP contribution < -0.4 is 10.8 Å².